The van der Waals surface area contributed by atoms with Crippen LogP contribution in [0.15, 0.2) is 6.20 Å². The molecule has 0 atom stereocenters. The van der Waals surface area contributed by atoms with Gasteiger partial charge in [0.15, 0.2) is 5.69 Å². The van der Waals surface area contributed by atoms with Crippen LogP contribution in [0.25, 0.3) is 0 Å². The zero-order valence-electron chi connectivity index (χ0n) is 10.2. The summed E-state index contributed by atoms with van der Waals surface area (Å²) in [5.41, 5.74) is -0.792. The fourth-order valence-electron chi connectivity index (χ4n) is 2.57. The molecule has 0 amide bonds. The molecule has 1 fully saturated rings. The molecule has 0 saturated heterocycles. The van der Waals surface area contributed by atoms with Gasteiger partial charge in [0.2, 0.25) is 0 Å². The van der Waals surface area contributed by atoms with Gasteiger partial charge in [0.05, 0.1) is 0 Å². The van der Waals surface area contributed by atoms with Gasteiger partial charge in [0.1, 0.15) is 5.82 Å². The number of nitrogens with zero attached hydrogens (tertiary/aromatic N) is 2. The lowest BCUT2D eigenvalue weighted by atomic mass is 9.82. The third-order valence-corrected chi connectivity index (χ3v) is 4.07. The van der Waals surface area contributed by atoms with Crippen molar-refractivity contribution in [2.24, 2.45) is 13.0 Å². The average Bonchev–Trinajstić information content (AvgIpc) is 2.71. The monoisotopic (exact) mass is 280 g/mol. The first-order valence-electron chi connectivity index (χ1n) is 6.08. The summed E-state index contributed by atoms with van der Waals surface area (Å²) in [6, 6.07) is 0. The number of imidazole rings is 1. The molecule has 2 nitrogen and oxygen atoms in total. The molecule has 0 aliphatic heterocycles. The molecule has 0 N–H and O–H groups in total. The molecule has 2 rings (SSSR count). The molecule has 0 radical (unpaired) electrons. The fourth-order valence-corrected chi connectivity index (χ4v) is 2.88. The van der Waals surface area contributed by atoms with Gasteiger partial charge in [0.25, 0.3) is 0 Å². The molecule has 102 valence electrons. The van der Waals surface area contributed by atoms with Crippen LogP contribution in [0.1, 0.15) is 43.1 Å². The Hall–Kier alpha value is -0.710. The van der Waals surface area contributed by atoms with E-state index in [0.29, 0.717) is 17.6 Å². The average molecular weight is 281 g/mol. The molecular weight excluding hydrogens is 265 g/mol. The number of hydrogen-bond donors (Lipinski definition) is 0. The first kappa shape index (κ1) is 13.7. The Bertz CT molecular complexity index is 406. The van der Waals surface area contributed by atoms with Crippen molar-refractivity contribution in [1.82, 2.24) is 9.55 Å². The maximum Gasteiger partial charge on any atom is 0.434 e. The molecule has 1 saturated carbocycles. The Kier molecular flexibility index (Phi) is 3.90. The van der Waals surface area contributed by atoms with Crippen LogP contribution in [0.5, 0.6) is 0 Å². The van der Waals surface area contributed by atoms with Crippen LogP contribution >= 0.6 is 11.6 Å². The van der Waals surface area contributed by atoms with E-state index in [1.54, 1.807) is 7.05 Å². The maximum absolute atomic E-state index is 12.6. The number of halogens is 4. The van der Waals surface area contributed by atoms with E-state index in [1.165, 1.54) is 4.57 Å². The van der Waals surface area contributed by atoms with Crippen molar-refractivity contribution in [3.63, 3.8) is 0 Å². The first-order chi connectivity index (χ1) is 8.41. The van der Waals surface area contributed by atoms with Crippen molar-refractivity contribution in [3.8, 4) is 0 Å². The predicted octanol–water partition coefficient (Wildman–Crippen LogP) is 3.95. The van der Waals surface area contributed by atoms with E-state index in [9.17, 15) is 13.2 Å². The van der Waals surface area contributed by atoms with Gasteiger partial charge in [-0.1, -0.05) is 0 Å². The van der Waals surface area contributed by atoms with Crippen LogP contribution in [0.4, 0.5) is 13.2 Å². The zero-order valence-corrected chi connectivity index (χ0v) is 10.9. The van der Waals surface area contributed by atoms with Crippen molar-refractivity contribution >= 4 is 11.6 Å². The first-order valence-corrected chi connectivity index (χ1v) is 6.61. The Balaban J connectivity index is 2.12. The molecule has 1 aliphatic carbocycles. The number of alkyl halides is 4. The number of rotatable bonds is 2. The summed E-state index contributed by atoms with van der Waals surface area (Å²) in [7, 11) is 1.63. The molecule has 1 aliphatic rings. The van der Waals surface area contributed by atoms with Crippen molar-refractivity contribution in [3.05, 3.63) is 17.7 Å². The molecule has 1 aromatic heterocycles. The van der Waals surface area contributed by atoms with Crippen molar-refractivity contribution in [2.45, 2.75) is 37.8 Å². The zero-order chi connectivity index (χ0) is 13.3. The lowest BCUT2D eigenvalue weighted by Gasteiger charge is -2.26. The standard InChI is InChI=1S/C12H16ClF3N2/c1-18-7-10(12(14,15)16)17-11(18)9-4-2-8(6-13)3-5-9/h7-9H,2-6H2,1H3. The summed E-state index contributed by atoms with van der Waals surface area (Å²) in [4.78, 5) is 3.76. The summed E-state index contributed by atoms with van der Waals surface area (Å²) in [5.74, 6) is 1.83. The Morgan fingerprint density at radius 2 is 1.94 bits per heavy atom. The van der Waals surface area contributed by atoms with Crippen LogP contribution in [0.3, 0.4) is 0 Å². The van der Waals surface area contributed by atoms with Crippen molar-refractivity contribution in [2.75, 3.05) is 5.88 Å². The van der Waals surface area contributed by atoms with E-state index in [0.717, 1.165) is 31.9 Å². The van der Waals surface area contributed by atoms with E-state index in [4.69, 9.17) is 11.6 Å². The summed E-state index contributed by atoms with van der Waals surface area (Å²) in [5, 5.41) is 0. The second-order valence-corrected chi connectivity index (χ2v) is 5.27. The number of hydrogen-bond acceptors (Lipinski definition) is 1. The molecule has 1 heterocycles. The molecule has 0 spiro atoms. The predicted molar refractivity (Wildman–Crippen MR) is 63.6 cm³/mol. The topological polar surface area (TPSA) is 17.8 Å². The molecule has 0 unspecified atom stereocenters. The summed E-state index contributed by atoms with van der Waals surface area (Å²) in [6.07, 6.45) is 0.413. The highest BCUT2D eigenvalue weighted by Gasteiger charge is 2.35. The van der Waals surface area contributed by atoms with Gasteiger partial charge in [-0.3, -0.25) is 0 Å². The van der Waals surface area contributed by atoms with Gasteiger partial charge in [0, 0.05) is 25.0 Å². The number of aromatic nitrogens is 2. The quantitative estimate of drug-likeness (QED) is 0.750. The SMILES string of the molecule is Cn1cc(C(F)(F)F)nc1C1CCC(CCl)CC1. The lowest BCUT2D eigenvalue weighted by molar-refractivity contribution is -0.141. The third-order valence-electron chi connectivity index (χ3n) is 3.63. The van der Waals surface area contributed by atoms with Gasteiger partial charge in [-0.05, 0) is 31.6 Å². The fraction of sp³-hybridized carbons (Fsp3) is 0.750. The van der Waals surface area contributed by atoms with E-state index >= 15 is 0 Å². The summed E-state index contributed by atoms with van der Waals surface area (Å²) >= 11 is 5.80. The molecule has 18 heavy (non-hydrogen) atoms. The van der Waals surface area contributed by atoms with Gasteiger partial charge in [-0.15, -0.1) is 11.6 Å². The van der Waals surface area contributed by atoms with Gasteiger partial charge < -0.3 is 4.57 Å². The van der Waals surface area contributed by atoms with E-state index in [-0.39, 0.29) is 5.92 Å². The minimum absolute atomic E-state index is 0.130. The second kappa shape index (κ2) is 5.11. The molecule has 0 aromatic carbocycles. The van der Waals surface area contributed by atoms with Crippen LogP contribution in [0.2, 0.25) is 0 Å². The molecule has 0 bridgehead atoms. The summed E-state index contributed by atoms with van der Waals surface area (Å²) < 4.78 is 39.2. The third kappa shape index (κ3) is 2.82. The highest BCUT2D eigenvalue weighted by atomic mass is 35.5. The van der Waals surface area contributed by atoms with Gasteiger partial charge in [-0.25, -0.2) is 4.98 Å². The largest absolute Gasteiger partial charge is 0.434 e. The molecular formula is C12H16ClF3N2. The minimum Gasteiger partial charge on any atom is -0.337 e. The maximum atomic E-state index is 12.6. The molecule has 6 heteroatoms. The van der Waals surface area contributed by atoms with Crippen LogP contribution in [-0.2, 0) is 13.2 Å². The van der Waals surface area contributed by atoms with Gasteiger partial charge in [-0.2, -0.15) is 13.2 Å². The van der Waals surface area contributed by atoms with Crippen LogP contribution in [0, 0.1) is 5.92 Å². The number of aryl methyl sites for hydroxylation is 1. The van der Waals surface area contributed by atoms with Crippen LogP contribution < -0.4 is 0 Å². The Morgan fingerprint density at radius 3 is 2.39 bits per heavy atom. The van der Waals surface area contributed by atoms with Crippen molar-refractivity contribution in [1.29, 1.82) is 0 Å². The van der Waals surface area contributed by atoms with Crippen LogP contribution in [-0.4, -0.2) is 15.4 Å². The van der Waals surface area contributed by atoms with E-state index in [2.05, 4.69) is 4.98 Å². The Labute approximate surface area is 109 Å². The lowest BCUT2D eigenvalue weighted by Crippen LogP contribution is -2.17. The normalized spacial score (nSPS) is 25.4. The van der Waals surface area contributed by atoms with Crippen molar-refractivity contribution < 1.29 is 13.2 Å². The highest BCUT2D eigenvalue weighted by Crippen LogP contribution is 2.37. The smallest absolute Gasteiger partial charge is 0.337 e. The minimum atomic E-state index is -4.36. The highest BCUT2D eigenvalue weighted by molar-refractivity contribution is 6.18. The van der Waals surface area contributed by atoms with E-state index in [1.807, 2.05) is 0 Å². The van der Waals surface area contributed by atoms with E-state index < -0.39 is 11.9 Å². The second-order valence-electron chi connectivity index (χ2n) is 4.96. The van der Waals surface area contributed by atoms with Gasteiger partial charge >= 0.3 is 6.18 Å². The molecule has 1 aromatic rings. The summed E-state index contributed by atoms with van der Waals surface area (Å²) in [6.45, 7) is 0. The Morgan fingerprint density at radius 1 is 1.33 bits per heavy atom.